The van der Waals surface area contributed by atoms with Crippen molar-refractivity contribution in [2.75, 3.05) is 31.1 Å². The fraction of sp³-hybridized carbons (Fsp3) is 0.235. The van der Waals surface area contributed by atoms with Crippen LogP contribution in [-0.2, 0) is 0 Å². The molecule has 1 aliphatic rings. The van der Waals surface area contributed by atoms with E-state index in [0.29, 0.717) is 18.7 Å². The number of phenols is 1. The van der Waals surface area contributed by atoms with Crippen LogP contribution >= 0.6 is 11.3 Å². The lowest BCUT2D eigenvalue weighted by molar-refractivity contribution is 0.0746. The second-order valence-electron chi connectivity index (χ2n) is 5.66. The quantitative estimate of drug-likeness (QED) is 0.775. The molecule has 0 radical (unpaired) electrons. The number of phenolic OH excluding ortho intramolecular Hbond substituents is 1. The summed E-state index contributed by atoms with van der Waals surface area (Å²) in [5.41, 5.74) is 1.48. The Morgan fingerprint density at radius 2 is 1.96 bits per heavy atom. The van der Waals surface area contributed by atoms with Crippen molar-refractivity contribution in [3.05, 3.63) is 47.6 Å². The van der Waals surface area contributed by atoms with Crippen LogP contribution in [0.1, 0.15) is 10.4 Å². The van der Waals surface area contributed by atoms with Gasteiger partial charge < -0.3 is 14.9 Å². The molecule has 6 nitrogen and oxygen atoms in total. The standard InChI is InChI=1S/C17H16N4O2S/c22-13-3-1-2-12(10-13)17(23)21-7-5-20(6-8-21)16-15-14(4-9-24-15)18-11-19-16/h1-4,9-11,22H,5-8H2. The van der Waals surface area contributed by atoms with Crippen molar-refractivity contribution in [2.24, 2.45) is 0 Å². The van der Waals surface area contributed by atoms with Crippen molar-refractivity contribution in [1.29, 1.82) is 0 Å². The second kappa shape index (κ2) is 6.09. The highest BCUT2D eigenvalue weighted by atomic mass is 32.1. The number of anilines is 1. The number of amides is 1. The molecule has 2 aromatic heterocycles. The Bertz CT molecular complexity index is 887. The number of thiophene rings is 1. The molecular formula is C17H16N4O2S. The van der Waals surface area contributed by atoms with E-state index in [4.69, 9.17) is 0 Å². The zero-order valence-electron chi connectivity index (χ0n) is 12.9. The number of carbonyl (C=O) groups is 1. The van der Waals surface area contributed by atoms with E-state index in [1.54, 1.807) is 35.9 Å². The number of piperazine rings is 1. The zero-order valence-corrected chi connectivity index (χ0v) is 13.7. The first-order chi connectivity index (χ1) is 11.7. The summed E-state index contributed by atoms with van der Waals surface area (Å²) >= 11 is 1.64. The van der Waals surface area contributed by atoms with Crippen molar-refractivity contribution < 1.29 is 9.90 Å². The maximum atomic E-state index is 12.5. The average Bonchev–Trinajstić information content (AvgIpc) is 3.10. The Morgan fingerprint density at radius 3 is 2.75 bits per heavy atom. The van der Waals surface area contributed by atoms with E-state index in [9.17, 15) is 9.90 Å². The third kappa shape index (κ3) is 2.67. The molecule has 1 aromatic carbocycles. The Kier molecular flexibility index (Phi) is 3.78. The lowest BCUT2D eigenvalue weighted by Crippen LogP contribution is -2.49. The minimum atomic E-state index is -0.0468. The fourth-order valence-electron chi connectivity index (χ4n) is 2.94. The lowest BCUT2D eigenvalue weighted by Gasteiger charge is -2.35. The molecule has 1 N–H and O–H groups in total. The Balaban J connectivity index is 1.49. The molecule has 0 unspecified atom stereocenters. The molecule has 0 bridgehead atoms. The van der Waals surface area contributed by atoms with Gasteiger partial charge >= 0.3 is 0 Å². The Morgan fingerprint density at radius 1 is 1.12 bits per heavy atom. The molecule has 0 atom stereocenters. The third-order valence-electron chi connectivity index (χ3n) is 4.18. The normalized spacial score (nSPS) is 15.0. The van der Waals surface area contributed by atoms with Crippen molar-refractivity contribution in [2.45, 2.75) is 0 Å². The van der Waals surface area contributed by atoms with E-state index in [2.05, 4.69) is 14.9 Å². The van der Waals surface area contributed by atoms with Gasteiger partial charge in [0.05, 0.1) is 10.2 Å². The van der Waals surface area contributed by atoms with E-state index in [1.165, 1.54) is 6.07 Å². The summed E-state index contributed by atoms with van der Waals surface area (Å²) < 4.78 is 1.09. The second-order valence-corrected chi connectivity index (χ2v) is 6.58. The fourth-order valence-corrected chi connectivity index (χ4v) is 3.81. The van der Waals surface area contributed by atoms with Crippen LogP contribution in [0.3, 0.4) is 0 Å². The number of aromatic nitrogens is 2. The summed E-state index contributed by atoms with van der Waals surface area (Å²) in [6.07, 6.45) is 1.59. The molecule has 24 heavy (non-hydrogen) atoms. The van der Waals surface area contributed by atoms with Crippen LogP contribution in [0.2, 0.25) is 0 Å². The van der Waals surface area contributed by atoms with Gasteiger partial charge in [-0.05, 0) is 29.6 Å². The first-order valence-electron chi connectivity index (χ1n) is 7.74. The molecule has 3 heterocycles. The van der Waals surface area contributed by atoms with Crippen molar-refractivity contribution in [3.63, 3.8) is 0 Å². The van der Waals surface area contributed by atoms with Crippen molar-refractivity contribution in [3.8, 4) is 5.75 Å². The first-order valence-corrected chi connectivity index (χ1v) is 8.62. The molecule has 4 rings (SSSR count). The molecule has 1 amide bonds. The minimum Gasteiger partial charge on any atom is -0.508 e. The minimum absolute atomic E-state index is 0.0468. The highest BCUT2D eigenvalue weighted by molar-refractivity contribution is 7.17. The van der Waals surface area contributed by atoms with Gasteiger partial charge in [-0.3, -0.25) is 4.79 Å². The van der Waals surface area contributed by atoms with Crippen LogP contribution in [0.5, 0.6) is 5.75 Å². The first kappa shape index (κ1) is 14.9. The number of nitrogens with zero attached hydrogens (tertiary/aromatic N) is 4. The monoisotopic (exact) mass is 340 g/mol. The molecule has 7 heteroatoms. The number of aromatic hydroxyl groups is 1. The molecule has 0 saturated carbocycles. The van der Waals surface area contributed by atoms with Gasteiger partial charge in [-0.2, -0.15) is 0 Å². The number of carbonyl (C=O) groups excluding carboxylic acids is 1. The van der Waals surface area contributed by atoms with E-state index >= 15 is 0 Å². The summed E-state index contributed by atoms with van der Waals surface area (Å²) in [6.45, 7) is 2.72. The predicted molar refractivity (Wildman–Crippen MR) is 93.6 cm³/mol. The van der Waals surface area contributed by atoms with Crippen LogP contribution in [0.15, 0.2) is 42.0 Å². The third-order valence-corrected chi connectivity index (χ3v) is 5.08. The van der Waals surface area contributed by atoms with Crippen LogP contribution < -0.4 is 4.90 Å². The Labute approximate surface area is 143 Å². The molecule has 1 aliphatic heterocycles. The summed E-state index contributed by atoms with van der Waals surface area (Å²) in [5, 5.41) is 11.6. The summed E-state index contributed by atoms with van der Waals surface area (Å²) in [6, 6.07) is 8.48. The molecule has 122 valence electrons. The van der Waals surface area contributed by atoms with Crippen molar-refractivity contribution in [1.82, 2.24) is 14.9 Å². The SMILES string of the molecule is O=C(c1cccc(O)c1)N1CCN(c2ncnc3ccsc23)CC1. The molecule has 0 aliphatic carbocycles. The van der Waals surface area contributed by atoms with E-state index < -0.39 is 0 Å². The van der Waals surface area contributed by atoms with Gasteiger partial charge in [-0.25, -0.2) is 9.97 Å². The van der Waals surface area contributed by atoms with Crippen molar-refractivity contribution >= 4 is 33.3 Å². The molecule has 1 saturated heterocycles. The lowest BCUT2D eigenvalue weighted by atomic mass is 10.1. The van der Waals surface area contributed by atoms with Crippen LogP contribution in [0.4, 0.5) is 5.82 Å². The van der Waals surface area contributed by atoms with E-state index in [0.717, 1.165) is 29.1 Å². The smallest absolute Gasteiger partial charge is 0.254 e. The van der Waals surface area contributed by atoms with E-state index in [1.807, 2.05) is 16.3 Å². The number of hydrogen-bond acceptors (Lipinski definition) is 6. The van der Waals surface area contributed by atoms with Gasteiger partial charge in [-0.15, -0.1) is 11.3 Å². The van der Waals surface area contributed by atoms with Gasteiger partial charge in [0, 0.05) is 31.7 Å². The number of rotatable bonds is 2. The molecular weight excluding hydrogens is 324 g/mol. The zero-order chi connectivity index (χ0) is 16.5. The van der Waals surface area contributed by atoms with Gasteiger partial charge in [0.1, 0.15) is 17.9 Å². The molecule has 3 aromatic rings. The van der Waals surface area contributed by atoms with Gasteiger partial charge in [0.25, 0.3) is 5.91 Å². The highest BCUT2D eigenvalue weighted by Gasteiger charge is 2.24. The summed E-state index contributed by atoms with van der Waals surface area (Å²) in [4.78, 5) is 25.3. The Hall–Kier alpha value is -2.67. The highest BCUT2D eigenvalue weighted by Crippen LogP contribution is 2.28. The number of hydrogen-bond donors (Lipinski definition) is 1. The maximum Gasteiger partial charge on any atom is 0.254 e. The van der Waals surface area contributed by atoms with Crippen LogP contribution in [0, 0.1) is 0 Å². The average molecular weight is 340 g/mol. The topological polar surface area (TPSA) is 69.6 Å². The number of benzene rings is 1. The van der Waals surface area contributed by atoms with Gasteiger partial charge in [0.15, 0.2) is 0 Å². The molecule has 1 fully saturated rings. The maximum absolute atomic E-state index is 12.5. The largest absolute Gasteiger partial charge is 0.508 e. The number of fused-ring (bicyclic) bond motifs is 1. The van der Waals surface area contributed by atoms with Crippen LogP contribution in [0.25, 0.3) is 10.2 Å². The van der Waals surface area contributed by atoms with E-state index in [-0.39, 0.29) is 11.7 Å². The van der Waals surface area contributed by atoms with Gasteiger partial charge in [0.2, 0.25) is 0 Å². The predicted octanol–water partition coefficient (Wildman–Crippen LogP) is 2.36. The molecule has 0 spiro atoms. The summed E-state index contributed by atoms with van der Waals surface area (Å²) in [5.74, 6) is 1.01. The van der Waals surface area contributed by atoms with Crippen LogP contribution in [-0.4, -0.2) is 52.1 Å². The summed E-state index contributed by atoms with van der Waals surface area (Å²) in [7, 11) is 0. The van der Waals surface area contributed by atoms with Gasteiger partial charge in [-0.1, -0.05) is 6.07 Å².